The van der Waals surface area contributed by atoms with Gasteiger partial charge in [-0.2, -0.15) is 0 Å². The van der Waals surface area contributed by atoms with Crippen molar-refractivity contribution in [3.05, 3.63) is 59.0 Å². The molecule has 1 aliphatic rings. The Bertz CT molecular complexity index is 1050. The summed E-state index contributed by atoms with van der Waals surface area (Å²) in [6.07, 6.45) is 7.15. The molecular formula is C23H25N3O3. The molecule has 3 aromatic rings. The third-order valence-corrected chi connectivity index (χ3v) is 5.46. The maximum atomic E-state index is 11.1. The van der Waals surface area contributed by atoms with E-state index in [9.17, 15) is 9.90 Å². The number of aryl methyl sites for hydroxylation is 2. The summed E-state index contributed by atoms with van der Waals surface area (Å²) in [7, 11) is 0. The Labute approximate surface area is 169 Å². The lowest BCUT2D eigenvalue weighted by molar-refractivity contribution is 0.0686. The van der Waals surface area contributed by atoms with Crippen LogP contribution in [0, 0.1) is 0 Å². The lowest BCUT2D eigenvalue weighted by Gasteiger charge is -2.17. The lowest BCUT2D eigenvalue weighted by Crippen LogP contribution is -2.10. The minimum Gasteiger partial charge on any atom is -0.505 e. The van der Waals surface area contributed by atoms with Crippen molar-refractivity contribution in [2.45, 2.75) is 44.9 Å². The zero-order valence-corrected chi connectivity index (χ0v) is 16.3. The molecule has 0 saturated carbocycles. The van der Waals surface area contributed by atoms with Gasteiger partial charge in [-0.3, -0.25) is 4.98 Å². The summed E-state index contributed by atoms with van der Waals surface area (Å²) in [5.41, 5.74) is 5.16. The molecule has 0 fully saturated rings. The standard InChI is InChI=1S/C23H25N3O3/c27-20-13-12-15(25-22(20)23(28)29)7-6-14-24-21-16-8-2-1-3-10-18(16)26-19-11-5-4-9-17(19)21/h4-5,9,11-13,27H,1-3,6-8,10,14H2,(H,24,26)(H,28,29). The number of nitrogens with zero attached hydrogens (tertiary/aromatic N) is 2. The highest BCUT2D eigenvalue weighted by atomic mass is 16.4. The molecule has 0 bridgehead atoms. The van der Waals surface area contributed by atoms with Crippen LogP contribution in [0.3, 0.4) is 0 Å². The van der Waals surface area contributed by atoms with E-state index < -0.39 is 5.97 Å². The number of nitrogens with one attached hydrogen (secondary N) is 1. The normalized spacial score (nSPS) is 13.7. The van der Waals surface area contributed by atoms with Crippen molar-refractivity contribution in [2.75, 3.05) is 11.9 Å². The number of fused-ring (bicyclic) bond motifs is 2. The van der Waals surface area contributed by atoms with Gasteiger partial charge in [-0.05, 0) is 62.3 Å². The summed E-state index contributed by atoms with van der Waals surface area (Å²) >= 11 is 0. The van der Waals surface area contributed by atoms with Gasteiger partial charge in [0.2, 0.25) is 0 Å². The molecule has 0 saturated heterocycles. The van der Waals surface area contributed by atoms with Gasteiger partial charge >= 0.3 is 5.97 Å². The number of rotatable bonds is 6. The first-order valence-electron chi connectivity index (χ1n) is 10.2. The van der Waals surface area contributed by atoms with Crippen LogP contribution in [-0.2, 0) is 19.3 Å². The zero-order valence-electron chi connectivity index (χ0n) is 16.3. The van der Waals surface area contributed by atoms with E-state index in [-0.39, 0.29) is 11.4 Å². The fourth-order valence-corrected chi connectivity index (χ4v) is 4.02. The van der Waals surface area contributed by atoms with Crippen molar-refractivity contribution in [3.63, 3.8) is 0 Å². The van der Waals surface area contributed by atoms with Crippen LogP contribution in [0.25, 0.3) is 10.9 Å². The molecule has 0 unspecified atom stereocenters. The second kappa shape index (κ2) is 8.47. The minimum absolute atomic E-state index is 0.291. The Morgan fingerprint density at radius 2 is 1.86 bits per heavy atom. The number of aromatic carboxylic acids is 1. The van der Waals surface area contributed by atoms with Crippen molar-refractivity contribution >= 4 is 22.6 Å². The van der Waals surface area contributed by atoms with E-state index in [1.165, 1.54) is 42.3 Å². The molecule has 6 nitrogen and oxygen atoms in total. The van der Waals surface area contributed by atoms with Crippen molar-refractivity contribution in [1.82, 2.24) is 9.97 Å². The van der Waals surface area contributed by atoms with E-state index >= 15 is 0 Å². The number of benzene rings is 1. The van der Waals surface area contributed by atoms with Gasteiger partial charge in [0.1, 0.15) is 5.75 Å². The maximum absolute atomic E-state index is 11.1. The second-order valence-electron chi connectivity index (χ2n) is 7.50. The first-order chi connectivity index (χ1) is 14.1. The van der Waals surface area contributed by atoms with Crippen LogP contribution in [0.5, 0.6) is 5.75 Å². The molecule has 0 amide bonds. The van der Waals surface area contributed by atoms with Gasteiger partial charge in [-0.15, -0.1) is 0 Å². The summed E-state index contributed by atoms with van der Waals surface area (Å²) in [6, 6.07) is 11.3. The Balaban J connectivity index is 1.51. The topological polar surface area (TPSA) is 95.3 Å². The summed E-state index contributed by atoms with van der Waals surface area (Å²) < 4.78 is 0. The number of para-hydroxylation sites is 1. The van der Waals surface area contributed by atoms with Crippen LogP contribution in [0.15, 0.2) is 36.4 Å². The number of anilines is 1. The number of carbonyl (C=O) groups is 1. The van der Waals surface area contributed by atoms with Gasteiger partial charge in [0, 0.05) is 29.0 Å². The first-order valence-corrected chi connectivity index (χ1v) is 10.2. The fourth-order valence-electron chi connectivity index (χ4n) is 4.02. The zero-order chi connectivity index (χ0) is 20.2. The van der Waals surface area contributed by atoms with Gasteiger partial charge in [0.15, 0.2) is 5.69 Å². The molecule has 0 aliphatic heterocycles. The number of pyridine rings is 2. The summed E-state index contributed by atoms with van der Waals surface area (Å²) in [6.45, 7) is 0.755. The Kier molecular flexibility index (Phi) is 5.60. The molecule has 1 aromatic carbocycles. The highest BCUT2D eigenvalue weighted by Gasteiger charge is 2.17. The molecule has 2 heterocycles. The molecular weight excluding hydrogens is 366 g/mol. The third kappa shape index (κ3) is 4.16. The smallest absolute Gasteiger partial charge is 0.358 e. The molecule has 0 spiro atoms. The average Bonchev–Trinajstić information content (AvgIpc) is 2.96. The molecule has 0 radical (unpaired) electrons. The third-order valence-electron chi connectivity index (χ3n) is 5.46. The van der Waals surface area contributed by atoms with Crippen LogP contribution < -0.4 is 5.32 Å². The highest BCUT2D eigenvalue weighted by Crippen LogP contribution is 2.32. The predicted octanol–water partition coefficient (Wildman–Crippen LogP) is 4.35. The molecule has 2 aromatic heterocycles. The van der Waals surface area contributed by atoms with Crippen molar-refractivity contribution in [2.24, 2.45) is 0 Å². The Morgan fingerprint density at radius 1 is 1.03 bits per heavy atom. The van der Waals surface area contributed by atoms with Crippen molar-refractivity contribution < 1.29 is 15.0 Å². The number of hydrogen-bond donors (Lipinski definition) is 3. The maximum Gasteiger partial charge on any atom is 0.358 e. The van der Waals surface area contributed by atoms with Crippen LogP contribution in [0.4, 0.5) is 5.69 Å². The van der Waals surface area contributed by atoms with Crippen LogP contribution in [0.1, 0.15) is 53.1 Å². The SMILES string of the molecule is O=C(O)c1nc(CCCNc2c3c(nc4ccccc24)CCCCC3)ccc1O. The predicted molar refractivity (Wildman–Crippen MR) is 113 cm³/mol. The van der Waals surface area contributed by atoms with Crippen molar-refractivity contribution in [1.29, 1.82) is 0 Å². The van der Waals surface area contributed by atoms with E-state index in [4.69, 9.17) is 10.1 Å². The lowest BCUT2D eigenvalue weighted by atomic mass is 10.0. The molecule has 3 N–H and O–H groups in total. The minimum atomic E-state index is -1.21. The summed E-state index contributed by atoms with van der Waals surface area (Å²) in [4.78, 5) is 20.1. The fraction of sp³-hybridized carbons (Fsp3) is 0.348. The van der Waals surface area contributed by atoms with Crippen LogP contribution in [-0.4, -0.2) is 32.7 Å². The van der Waals surface area contributed by atoms with E-state index in [1.807, 2.05) is 12.1 Å². The first kappa shape index (κ1) is 19.2. The quantitative estimate of drug-likeness (QED) is 0.427. The molecule has 1 aliphatic carbocycles. The molecule has 4 rings (SSSR count). The van der Waals surface area contributed by atoms with E-state index in [1.54, 1.807) is 6.07 Å². The Hall–Kier alpha value is -3.15. The second-order valence-corrected chi connectivity index (χ2v) is 7.50. The summed E-state index contributed by atoms with van der Waals surface area (Å²) in [5, 5.41) is 23.5. The van der Waals surface area contributed by atoms with E-state index in [0.717, 1.165) is 36.7 Å². The van der Waals surface area contributed by atoms with Gasteiger partial charge < -0.3 is 15.5 Å². The van der Waals surface area contributed by atoms with E-state index in [0.29, 0.717) is 12.1 Å². The molecule has 6 heteroatoms. The number of hydrogen-bond acceptors (Lipinski definition) is 5. The highest BCUT2D eigenvalue weighted by molar-refractivity contribution is 5.93. The number of carboxylic acids is 1. The Morgan fingerprint density at radius 3 is 2.72 bits per heavy atom. The number of aromatic nitrogens is 2. The van der Waals surface area contributed by atoms with Crippen LogP contribution >= 0.6 is 0 Å². The monoisotopic (exact) mass is 391 g/mol. The van der Waals surface area contributed by atoms with Gasteiger partial charge in [-0.1, -0.05) is 24.6 Å². The van der Waals surface area contributed by atoms with Gasteiger partial charge in [0.05, 0.1) is 5.52 Å². The van der Waals surface area contributed by atoms with Crippen molar-refractivity contribution in [3.8, 4) is 5.75 Å². The number of aromatic hydroxyl groups is 1. The largest absolute Gasteiger partial charge is 0.505 e. The van der Waals surface area contributed by atoms with Gasteiger partial charge in [-0.25, -0.2) is 9.78 Å². The van der Waals surface area contributed by atoms with E-state index in [2.05, 4.69) is 22.4 Å². The van der Waals surface area contributed by atoms with Gasteiger partial charge in [0.25, 0.3) is 0 Å². The van der Waals surface area contributed by atoms with Crippen LogP contribution in [0.2, 0.25) is 0 Å². The average molecular weight is 391 g/mol. The molecule has 0 atom stereocenters. The molecule has 29 heavy (non-hydrogen) atoms. The summed E-state index contributed by atoms with van der Waals surface area (Å²) in [5.74, 6) is -1.52. The number of carboxylic acid groups (broad SMARTS) is 1. The molecule has 150 valence electrons.